The van der Waals surface area contributed by atoms with Gasteiger partial charge < -0.3 is 25.5 Å². The number of benzene rings is 2. The molecule has 10 nitrogen and oxygen atoms in total. The Kier molecular flexibility index (Phi) is 7.28. The molecule has 4 N–H and O–H groups in total. The molecular weight excluding hydrogens is 628 g/mol. The van der Waals surface area contributed by atoms with Crippen LogP contribution in [0.25, 0.3) is 16.5 Å². The number of ether oxygens (including phenoxy) is 2. The van der Waals surface area contributed by atoms with Gasteiger partial charge in [0.25, 0.3) is 0 Å². The average molecular weight is 677 g/mol. The van der Waals surface area contributed by atoms with Gasteiger partial charge in [0.15, 0.2) is 0 Å². The molecule has 5 aliphatic rings. The van der Waals surface area contributed by atoms with Crippen molar-refractivity contribution in [2.24, 2.45) is 11.7 Å². The Balaban J connectivity index is 0.918. The smallest absolute Gasteiger partial charge is 0.411 e. The highest BCUT2D eigenvalue weighted by atomic mass is 16.6. The Morgan fingerprint density at radius 2 is 1.66 bits per heavy atom. The predicted octanol–water partition coefficient (Wildman–Crippen LogP) is 6.95. The van der Waals surface area contributed by atoms with Gasteiger partial charge in [-0.3, -0.25) is 9.80 Å². The minimum absolute atomic E-state index is 0.0161. The van der Waals surface area contributed by atoms with Crippen LogP contribution in [0.3, 0.4) is 0 Å². The molecule has 50 heavy (non-hydrogen) atoms. The fourth-order valence-electron chi connectivity index (χ4n) is 8.24. The molecule has 10 heteroatoms. The van der Waals surface area contributed by atoms with Gasteiger partial charge >= 0.3 is 12.2 Å². The number of aromatic nitrogens is 2. The van der Waals surface area contributed by atoms with E-state index in [1.54, 1.807) is 6.20 Å². The molecule has 2 spiro atoms. The fraction of sp³-hybridized carbons (Fsp3) is 0.525. The van der Waals surface area contributed by atoms with Gasteiger partial charge in [0.1, 0.15) is 22.7 Å². The number of aromatic amines is 1. The molecule has 2 unspecified atom stereocenters. The van der Waals surface area contributed by atoms with Crippen molar-refractivity contribution in [2.75, 3.05) is 0 Å². The average Bonchev–Trinajstić information content (AvgIpc) is 3.97. The third-order valence-electron chi connectivity index (χ3n) is 11.0. The van der Waals surface area contributed by atoms with Gasteiger partial charge in [0, 0.05) is 23.3 Å². The van der Waals surface area contributed by atoms with Crippen LogP contribution >= 0.6 is 0 Å². The van der Waals surface area contributed by atoms with Gasteiger partial charge in [-0.25, -0.2) is 14.6 Å². The number of H-pyrrole nitrogens is 1. The number of piperidine rings is 1. The SMILES string of the molecule is CC(C)(C)OC(=O)N1[C@@H]2C[C@@H]2C[C@H]1c1ncc(C#Cc2ccc3cc(/C(N)=C/NC4CC45CCC4(CC4)N5C(=O)OC(C)(C)C)ccc3c2)[nH]1. The second-order valence-corrected chi connectivity index (χ2v) is 17.1. The molecule has 3 aromatic rings. The molecule has 262 valence electrons. The molecule has 5 atom stereocenters. The van der Waals surface area contributed by atoms with Crippen LogP contribution < -0.4 is 11.1 Å². The van der Waals surface area contributed by atoms with Crippen LogP contribution in [-0.4, -0.2) is 66.3 Å². The second kappa shape index (κ2) is 11.2. The van der Waals surface area contributed by atoms with Gasteiger partial charge in [0.2, 0.25) is 0 Å². The molecule has 0 bridgehead atoms. The van der Waals surface area contributed by atoms with Crippen molar-refractivity contribution in [2.45, 2.75) is 127 Å². The highest BCUT2D eigenvalue weighted by molar-refractivity contribution is 5.87. The Morgan fingerprint density at radius 1 is 0.960 bits per heavy atom. The first-order chi connectivity index (χ1) is 23.6. The minimum atomic E-state index is -0.542. The lowest BCUT2D eigenvalue weighted by Gasteiger charge is -2.33. The summed E-state index contributed by atoms with van der Waals surface area (Å²) in [5, 5.41) is 5.68. The number of hydrogen-bond donors (Lipinski definition) is 3. The van der Waals surface area contributed by atoms with E-state index in [1.807, 2.05) is 64.8 Å². The van der Waals surface area contributed by atoms with Gasteiger partial charge in [-0.1, -0.05) is 24.1 Å². The first-order valence-electron chi connectivity index (χ1n) is 18.0. The van der Waals surface area contributed by atoms with E-state index >= 15 is 0 Å². The zero-order valence-electron chi connectivity index (χ0n) is 29.9. The number of nitrogens with two attached hydrogens (primary N) is 1. The normalized spacial score (nSPS) is 27.6. The number of nitrogens with zero attached hydrogens (tertiary/aromatic N) is 3. The summed E-state index contributed by atoms with van der Waals surface area (Å²) < 4.78 is 11.5. The van der Waals surface area contributed by atoms with Crippen molar-refractivity contribution in [1.29, 1.82) is 0 Å². The summed E-state index contributed by atoms with van der Waals surface area (Å²) in [6, 6.07) is 12.6. The lowest BCUT2D eigenvalue weighted by atomic mass is 10.0. The van der Waals surface area contributed by atoms with E-state index in [2.05, 4.69) is 56.3 Å². The summed E-state index contributed by atoms with van der Waals surface area (Å²) >= 11 is 0. The molecule has 1 aromatic heterocycles. The molecule has 0 radical (unpaired) electrons. The number of carbonyl (C=O) groups is 2. The van der Waals surface area contributed by atoms with E-state index in [0.29, 0.717) is 17.3 Å². The predicted molar refractivity (Wildman–Crippen MR) is 192 cm³/mol. The molecule has 2 aliphatic heterocycles. The summed E-state index contributed by atoms with van der Waals surface area (Å²) in [5.41, 5.74) is 8.50. The van der Waals surface area contributed by atoms with Gasteiger partial charge in [-0.15, -0.1) is 0 Å². The van der Waals surface area contributed by atoms with E-state index in [-0.39, 0.29) is 41.4 Å². The molecule has 2 amide bonds. The molecule has 2 aromatic carbocycles. The Morgan fingerprint density at radius 3 is 2.40 bits per heavy atom. The summed E-state index contributed by atoms with van der Waals surface area (Å²) in [7, 11) is 0. The van der Waals surface area contributed by atoms with Gasteiger partial charge in [-0.05, 0) is 133 Å². The van der Waals surface area contributed by atoms with Gasteiger partial charge in [0.05, 0.1) is 29.5 Å². The summed E-state index contributed by atoms with van der Waals surface area (Å²) in [5.74, 6) is 7.75. The van der Waals surface area contributed by atoms with Crippen LogP contribution in [0.1, 0.15) is 115 Å². The molecule has 3 saturated carbocycles. The molecule has 2 saturated heterocycles. The Hall–Kier alpha value is -4.65. The number of imidazole rings is 1. The zero-order chi connectivity index (χ0) is 35.2. The molecule has 8 rings (SSSR count). The fourth-order valence-corrected chi connectivity index (χ4v) is 8.24. The second-order valence-electron chi connectivity index (χ2n) is 17.1. The van der Waals surface area contributed by atoms with Crippen molar-refractivity contribution in [3.05, 3.63) is 71.4 Å². The highest BCUT2D eigenvalue weighted by Crippen LogP contribution is 2.64. The highest BCUT2D eigenvalue weighted by Gasteiger charge is 2.72. The van der Waals surface area contributed by atoms with Crippen LogP contribution in [0.5, 0.6) is 0 Å². The topological polar surface area (TPSA) is 126 Å². The number of rotatable bonds is 4. The standard InChI is InChI=1S/C40H48N6O4/c1-37(2,3)49-35(47)45-31-19-28(31)20-32(45)34-43-22-29(44-34)12-8-24-7-9-26-18-27(11-10-25(26)17-24)30(41)23-42-33-21-40(33)16-15-39(13-14-39)46(40)36(48)50-38(4,5)6/h7,9-11,17-18,22-23,28,31-33,42H,13-16,19-21,41H2,1-6H3,(H,43,44)/b30-23-/t28-,31-,32+,33?,40?/m1/s1. The summed E-state index contributed by atoms with van der Waals surface area (Å²) in [4.78, 5) is 38.1. The largest absolute Gasteiger partial charge is 0.444 e. The Bertz CT molecular complexity index is 1970. The number of nitrogens with one attached hydrogen (secondary N) is 2. The molecule has 5 fully saturated rings. The van der Waals surface area contributed by atoms with E-state index in [9.17, 15) is 9.59 Å². The van der Waals surface area contributed by atoms with Crippen LogP contribution in [0.2, 0.25) is 0 Å². The molecular formula is C40H48N6O4. The molecule has 3 heterocycles. The number of fused-ring (bicyclic) bond motifs is 2. The maximum Gasteiger partial charge on any atom is 0.411 e. The monoisotopic (exact) mass is 676 g/mol. The first kappa shape index (κ1) is 32.5. The van der Waals surface area contributed by atoms with E-state index in [0.717, 1.165) is 72.7 Å². The third-order valence-corrected chi connectivity index (χ3v) is 11.0. The van der Waals surface area contributed by atoms with Crippen molar-refractivity contribution >= 4 is 28.7 Å². The number of amides is 2. The van der Waals surface area contributed by atoms with Crippen LogP contribution in [0.4, 0.5) is 9.59 Å². The number of carbonyl (C=O) groups excluding carboxylic acids is 2. The van der Waals surface area contributed by atoms with Crippen molar-refractivity contribution < 1.29 is 19.1 Å². The maximum absolute atomic E-state index is 13.3. The first-order valence-corrected chi connectivity index (χ1v) is 18.0. The minimum Gasteiger partial charge on any atom is -0.444 e. The van der Waals surface area contributed by atoms with Crippen molar-refractivity contribution in [1.82, 2.24) is 25.1 Å². The van der Waals surface area contributed by atoms with E-state index in [4.69, 9.17) is 15.2 Å². The number of hydrogen-bond acceptors (Lipinski definition) is 7. The van der Waals surface area contributed by atoms with E-state index in [1.165, 1.54) is 0 Å². The lowest BCUT2D eigenvalue weighted by molar-refractivity contribution is 0.00800. The van der Waals surface area contributed by atoms with Crippen LogP contribution in [0, 0.1) is 17.8 Å². The zero-order valence-corrected chi connectivity index (χ0v) is 29.9. The quantitative estimate of drug-likeness (QED) is 0.255. The summed E-state index contributed by atoms with van der Waals surface area (Å²) in [6.45, 7) is 11.5. The van der Waals surface area contributed by atoms with Crippen LogP contribution in [-0.2, 0) is 9.47 Å². The maximum atomic E-state index is 13.3. The van der Waals surface area contributed by atoms with Crippen LogP contribution in [0.15, 0.2) is 48.8 Å². The lowest BCUT2D eigenvalue weighted by Crippen LogP contribution is -2.49. The van der Waals surface area contributed by atoms with Crippen molar-refractivity contribution in [3.63, 3.8) is 0 Å². The summed E-state index contributed by atoms with van der Waals surface area (Å²) in [6.07, 6.45) is 10.2. The Labute approximate surface area is 294 Å². The molecule has 3 aliphatic carbocycles. The van der Waals surface area contributed by atoms with Gasteiger partial charge in [-0.2, -0.15) is 0 Å². The third kappa shape index (κ3) is 6.05. The number of likely N-dealkylation sites (tertiary alicyclic amines) is 2. The van der Waals surface area contributed by atoms with E-state index < -0.39 is 11.2 Å². The van der Waals surface area contributed by atoms with Crippen molar-refractivity contribution in [3.8, 4) is 11.8 Å².